The van der Waals surface area contributed by atoms with Gasteiger partial charge in [-0.05, 0) is 31.4 Å². The molecular formula is C15H20NY-. The first-order chi connectivity index (χ1) is 7.84. The molecule has 89 valence electrons. The van der Waals surface area contributed by atoms with Crippen LogP contribution in [0.5, 0.6) is 0 Å². The molecule has 2 heterocycles. The summed E-state index contributed by atoms with van der Waals surface area (Å²) in [4.78, 5) is 2.59. The van der Waals surface area contributed by atoms with Crippen molar-refractivity contribution in [2.45, 2.75) is 43.7 Å². The van der Waals surface area contributed by atoms with Crippen LogP contribution in [0.4, 0.5) is 0 Å². The minimum absolute atomic E-state index is 0. The predicted molar refractivity (Wildman–Crippen MR) is 67.3 cm³/mol. The third-order valence-electron chi connectivity index (χ3n) is 4.41. The van der Waals surface area contributed by atoms with Crippen molar-refractivity contribution in [2.24, 2.45) is 0 Å². The molecule has 1 aromatic carbocycles. The summed E-state index contributed by atoms with van der Waals surface area (Å²) in [5.74, 6) is 0.749. The van der Waals surface area contributed by atoms with Gasteiger partial charge in [0.25, 0.3) is 0 Å². The van der Waals surface area contributed by atoms with Gasteiger partial charge in [0, 0.05) is 38.8 Å². The van der Waals surface area contributed by atoms with Crippen molar-refractivity contribution in [3.8, 4) is 0 Å². The minimum Gasteiger partial charge on any atom is -0.330 e. The Labute approximate surface area is 130 Å². The van der Waals surface area contributed by atoms with E-state index in [-0.39, 0.29) is 32.7 Å². The van der Waals surface area contributed by atoms with E-state index >= 15 is 0 Å². The van der Waals surface area contributed by atoms with Gasteiger partial charge in [0.1, 0.15) is 0 Å². The van der Waals surface area contributed by atoms with Gasteiger partial charge in [-0.25, -0.2) is 0 Å². The SMILES string of the molecule is CN1C2[CH-]CC(c3ccccc3)CC1CC2.[Y]. The van der Waals surface area contributed by atoms with Gasteiger partial charge in [-0.2, -0.15) is 6.42 Å². The van der Waals surface area contributed by atoms with Crippen molar-refractivity contribution in [3.63, 3.8) is 0 Å². The molecule has 2 fully saturated rings. The van der Waals surface area contributed by atoms with Crippen molar-refractivity contribution < 1.29 is 32.7 Å². The molecule has 1 aromatic rings. The number of rotatable bonds is 1. The molecule has 2 aliphatic heterocycles. The Bertz CT molecular complexity index is 351. The maximum atomic E-state index is 2.59. The van der Waals surface area contributed by atoms with Gasteiger partial charge in [0.2, 0.25) is 0 Å². The summed E-state index contributed by atoms with van der Waals surface area (Å²) in [6.45, 7) is 0. The van der Waals surface area contributed by atoms with Crippen molar-refractivity contribution >= 4 is 0 Å². The van der Waals surface area contributed by atoms with E-state index in [1.807, 2.05) is 0 Å². The van der Waals surface area contributed by atoms with Crippen LogP contribution in [-0.2, 0) is 32.7 Å². The Morgan fingerprint density at radius 3 is 2.71 bits per heavy atom. The first kappa shape index (κ1) is 13.7. The van der Waals surface area contributed by atoms with E-state index < -0.39 is 0 Å². The van der Waals surface area contributed by atoms with Crippen LogP contribution in [0, 0.1) is 6.42 Å². The second kappa shape index (κ2) is 5.95. The van der Waals surface area contributed by atoms with Crippen LogP contribution in [-0.4, -0.2) is 24.0 Å². The van der Waals surface area contributed by atoms with E-state index in [0.29, 0.717) is 0 Å². The number of hydrogen-bond acceptors (Lipinski definition) is 1. The number of benzene rings is 1. The second-order valence-electron chi connectivity index (χ2n) is 5.28. The monoisotopic (exact) mass is 303 g/mol. The van der Waals surface area contributed by atoms with Gasteiger partial charge >= 0.3 is 0 Å². The molecule has 17 heavy (non-hydrogen) atoms. The fraction of sp³-hybridized carbons (Fsp3) is 0.533. The van der Waals surface area contributed by atoms with Crippen LogP contribution in [0.25, 0.3) is 0 Å². The number of nitrogens with zero attached hydrogens (tertiary/aromatic N) is 1. The van der Waals surface area contributed by atoms with Gasteiger partial charge in [-0.1, -0.05) is 36.8 Å². The molecule has 2 aliphatic rings. The van der Waals surface area contributed by atoms with Crippen molar-refractivity contribution in [1.82, 2.24) is 4.90 Å². The standard InChI is InChI=1S/C15H20N.Y/c1-16-14-8-7-13(11-15(16)10-9-14)12-5-3-2-4-6-12;/h2-6,8,13-15H,7,9-11H2,1H3;/q-1;. The molecule has 0 saturated carbocycles. The maximum absolute atomic E-state index is 2.59. The Morgan fingerprint density at radius 1 is 1.18 bits per heavy atom. The summed E-state index contributed by atoms with van der Waals surface area (Å²) in [5, 5.41) is 0. The third-order valence-corrected chi connectivity index (χ3v) is 4.41. The first-order valence-corrected chi connectivity index (χ1v) is 6.45. The summed E-state index contributed by atoms with van der Waals surface area (Å²) in [5.41, 5.74) is 1.53. The van der Waals surface area contributed by atoms with E-state index in [2.05, 4.69) is 48.7 Å². The molecule has 0 aromatic heterocycles. The molecular weight excluding hydrogens is 283 g/mol. The fourth-order valence-corrected chi connectivity index (χ4v) is 3.35. The number of fused-ring (bicyclic) bond motifs is 2. The van der Waals surface area contributed by atoms with Gasteiger partial charge in [-0.3, -0.25) is 0 Å². The summed E-state index contributed by atoms with van der Waals surface area (Å²) in [6.07, 6.45) is 7.91. The van der Waals surface area contributed by atoms with E-state index in [9.17, 15) is 0 Å². The molecule has 3 rings (SSSR count). The topological polar surface area (TPSA) is 3.24 Å². The van der Waals surface area contributed by atoms with Crippen molar-refractivity contribution in [2.75, 3.05) is 7.05 Å². The van der Waals surface area contributed by atoms with E-state index in [1.165, 1.54) is 31.2 Å². The predicted octanol–water partition coefficient (Wildman–Crippen LogP) is 3.23. The summed E-state index contributed by atoms with van der Waals surface area (Å²) in [6, 6.07) is 12.6. The maximum Gasteiger partial charge on any atom is 0.00711 e. The molecule has 3 unspecified atom stereocenters. The molecule has 3 atom stereocenters. The average molecular weight is 303 g/mol. The Kier molecular flexibility index (Phi) is 4.80. The summed E-state index contributed by atoms with van der Waals surface area (Å²) < 4.78 is 0. The number of hydrogen-bond donors (Lipinski definition) is 0. The Balaban J connectivity index is 0.00000108. The van der Waals surface area contributed by atoms with Crippen molar-refractivity contribution in [1.29, 1.82) is 0 Å². The quantitative estimate of drug-likeness (QED) is 0.720. The molecule has 1 radical (unpaired) electrons. The third kappa shape index (κ3) is 2.83. The molecule has 1 nitrogen and oxygen atoms in total. The van der Waals surface area contributed by atoms with Crippen LogP contribution in [0.3, 0.4) is 0 Å². The fourth-order valence-electron chi connectivity index (χ4n) is 3.35. The second-order valence-corrected chi connectivity index (χ2v) is 5.28. The van der Waals surface area contributed by atoms with Crippen LogP contribution in [0.15, 0.2) is 30.3 Å². The van der Waals surface area contributed by atoms with Crippen LogP contribution in [0.2, 0.25) is 0 Å². The normalized spacial score (nSPS) is 32.9. The Hall–Kier alpha value is 0.284. The minimum atomic E-state index is 0. The molecule has 0 N–H and O–H groups in total. The zero-order valence-corrected chi connectivity index (χ0v) is 13.4. The van der Waals surface area contributed by atoms with Crippen LogP contribution in [0.1, 0.15) is 37.2 Å². The summed E-state index contributed by atoms with van der Waals surface area (Å²) in [7, 11) is 2.30. The smallest absolute Gasteiger partial charge is 0.00711 e. The zero-order chi connectivity index (χ0) is 11.0. The van der Waals surface area contributed by atoms with Gasteiger partial charge in [0.05, 0.1) is 0 Å². The van der Waals surface area contributed by atoms with Crippen LogP contribution < -0.4 is 0 Å². The van der Waals surface area contributed by atoms with E-state index in [0.717, 1.165) is 18.0 Å². The van der Waals surface area contributed by atoms with Gasteiger partial charge in [0.15, 0.2) is 0 Å². The van der Waals surface area contributed by atoms with Gasteiger partial charge < -0.3 is 11.3 Å². The van der Waals surface area contributed by atoms with Crippen molar-refractivity contribution in [3.05, 3.63) is 42.3 Å². The zero-order valence-electron chi connectivity index (χ0n) is 10.5. The molecule has 0 aliphatic carbocycles. The van der Waals surface area contributed by atoms with Gasteiger partial charge in [-0.15, -0.1) is 6.04 Å². The van der Waals surface area contributed by atoms with E-state index in [4.69, 9.17) is 0 Å². The van der Waals surface area contributed by atoms with Crippen LogP contribution >= 0.6 is 0 Å². The average Bonchev–Trinajstić information content (AvgIpc) is 2.54. The molecule has 2 heteroatoms. The molecule has 0 amide bonds. The molecule has 2 bridgehead atoms. The largest absolute Gasteiger partial charge is 0.330 e. The Morgan fingerprint density at radius 2 is 1.94 bits per heavy atom. The molecule has 0 spiro atoms. The summed E-state index contributed by atoms with van der Waals surface area (Å²) >= 11 is 0. The first-order valence-electron chi connectivity index (χ1n) is 6.45. The van der Waals surface area contributed by atoms with E-state index in [1.54, 1.807) is 0 Å². The molecule has 2 saturated heterocycles.